The van der Waals surface area contributed by atoms with Crippen molar-refractivity contribution in [2.75, 3.05) is 33.2 Å². The van der Waals surface area contributed by atoms with Gasteiger partial charge in [-0.15, -0.1) is 0 Å². The SMILES string of the molecule is CN1CCN(C=Nc2c(C#N)c(-c3ccccc3)c(-c3ccccc3)n2Cc2ccccc2)CC1. The topological polar surface area (TPSA) is 47.6 Å². The van der Waals surface area contributed by atoms with Crippen molar-refractivity contribution in [2.24, 2.45) is 4.99 Å². The Balaban J connectivity index is 1.73. The van der Waals surface area contributed by atoms with Crippen LogP contribution in [-0.2, 0) is 6.54 Å². The fourth-order valence-electron chi connectivity index (χ4n) is 4.62. The summed E-state index contributed by atoms with van der Waals surface area (Å²) in [5.74, 6) is 0.702. The van der Waals surface area contributed by atoms with Crippen LogP contribution in [0.2, 0.25) is 0 Å². The van der Waals surface area contributed by atoms with E-state index in [1.165, 1.54) is 5.56 Å². The van der Waals surface area contributed by atoms with Crippen LogP contribution >= 0.6 is 0 Å². The van der Waals surface area contributed by atoms with Crippen molar-refractivity contribution >= 4 is 12.2 Å². The Kier molecular flexibility index (Phi) is 6.74. The second-order valence-corrected chi connectivity index (χ2v) is 8.92. The Morgan fingerprint density at radius 2 is 1.37 bits per heavy atom. The minimum absolute atomic E-state index is 0.608. The van der Waals surface area contributed by atoms with Gasteiger partial charge in [0.2, 0.25) is 0 Å². The number of rotatable bonds is 6. The van der Waals surface area contributed by atoms with E-state index in [-0.39, 0.29) is 0 Å². The minimum Gasteiger partial charge on any atom is -0.360 e. The molecule has 0 aliphatic carbocycles. The highest BCUT2D eigenvalue weighted by Gasteiger charge is 2.25. The zero-order valence-corrected chi connectivity index (χ0v) is 20.0. The van der Waals surface area contributed by atoms with Gasteiger partial charge in [0.25, 0.3) is 0 Å². The molecule has 174 valence electrons. The van der Waals surface area contributed by atoms with Gasteiger partial charge in [0.1, 0.15) is 11.6 Å². The van der Waals surface area contributed by atoms with E-state index in [1.807, 2.05) is 48.8 Å². The van der Waals surface area contributed by atoms with E-state index >= 15 is 0 Å². The number of hydrogen-bond donors (Lipinski definition) is 0. The number of piperazine rings is 1. The molecule has 5 heteroatoms. The van der Waals surface area contributed by atoms with Gasteiger partial charge < -0.3 is 14.4 Å². The van der Waals surface area contributed by atoms with Crippen molar-refractivity contribution in [2.45, 2.75) is 6.54 Å². The lowest BCUT2D eigenvalue weighted by Crippen LogP contribution is -2.43. The fraction of sp³-hybridized carbons (Fsp3) is 0.200. The van der Waals surface area contributed by atoms with Crippen LogP contribution in [0.25, 0.3) is 22.4 Å². The number of nitriles is 1. The second kappa shape index (κ2) is 10.4. The molecule has 5 rings (SSSR count). The Bertz CT molecular complexity index is 1330. The van der Waals surface area contributed by atoms with Gasteiger partial charge in [-0.1, -0.05) is 91.0 Å². The molecular weight excluding hydrogens is 430 g/mol. The molecule has 1 aliphatic heterocycles. The summed E-state index contributed by atoms with van der Waals surface area (Å²) < 4.78 is 2.21. The smallest absolute Gasteiger partial charge is 0.153 e. The molecule has 5 nitrogen and oxygen atoms in total. The van der Waals surface area contributed by atoms with Crippen LogP contribution < -0.4 is 0 Å². The van der Waals surface area contributed by atoms with Crippen LogP contribution in [0.5, 0.6) is 0 Å². The summed E-state index contributed by atoms with van der Waals surface area (Å²) in [5, 5.41) is 10.4. The van der Waals surface area contributed by atoms with Gasteiger partial charge >= 0.3 is 0 Å². The number of likely N-dealkylation sites (N-methyl/N-ethyl adjacent to an activating group) is 1. The second-order valence-electron chi connectivity index (χ2n) is 8.92. The molecule has 4 aromatic rings. The normalized spacial score (nSPS) is 14.3. The summed E-state index contributed by atoms with van der Waals surface area (Å²) in [6.07, 6.45) is 1.92. The van der Waals surface area contributed by atoms with Gasteiger partial charge in [-0.2, -0.15) is 5.26 Å². The summed E-state index contributed by atoms with van der Waals surface area (Å²) in [6.45, 7) is 4.50. The van der Waals surface area contributed by atoms with Crippen LogP contribution in [0.1, 0.15) is 11.1 Å². The van der Waals surface area contributed by atoms with Gasteiger partial charge in [-0.25, -0.2) is 4.99 Å². The van der Waals surface area contributed by atoms with Crippen molar-refractivity contribution in [1.29, 1.82) is 5.26 Å². The van der Waals surface area contributed by atoms with E-state index in [4.69, 9.17) is 4.99 Å². The molecule has 0 radical (unpaired) electrons. The number of hydrogen-bond acceptors (Lipinski definition) is 3. The zero-order valence-electron chi connectivity index (χ0n) is 20.0. The molecule has 3 aromatic carbocycles. The number of aliphatic imine (C=N–C) groups is 1. The summed E-state index contributed by atoms with van der Waals surface area (Å²) >= 11 is 0. The van der Waals surface area contributed by atoms with E-state index in [9.17, 15) is 5.26 Å². The monoisotopic (exact) mass is 459 g/mol. The van der Waals surface area contributed by atoms with Gasteiger partial charge in [0.15, 0.2) is 5.82 Å². The molecule has 1 saturated heterocycles. The molecule has 2 heterocycles. The lowest BCUT2D eigenvalue weighted by atomic mass is 9.98. The first-order valence-electron chi connectivity index (χ1n) is 12.0. The molecule has 0 bridgehead atoms. The minimum atomic E-state index is 0.608. The van der Waals surface area contributed by atoms with Crippen molar-refractivity contribution < 1.29 is 0 Å². The Morgan fingerprint density at radius 3 is 1.97 bits per heavy atom. The predicted molar refractivity (Wildman–Crippen MR) is 143 cm³/mol. The molecule has 1 aromatic heterocycles. The maximum Gasteiger partial charge on any atom is 0.153 e. The van der Waals surface area contributed by atoms with Crippen LogP contribution in [-0.4, -0.2) is 53.9 Å². The van der Waals surface area contributed by atoms with E-state index < -0.39 is 0 Å². The van der Waals surface area contributed by atoms with E-state index in [0.717, 1.165) is 48.6 Å². The molecule has 1 fully saturated rings. The third-order valence-corrected chi connectivity index (χ3v) is 6.52. The van der Waals surface area contributed by atoms with Gasteiger partial charge in [0.05, 0.1) is 12.0 Å². The largest absolute Gasteiger partial charge is 0.360 e. The maximum absolute atomic E-state index is 10.4. The quantitative estimate of drug-likeness (QED) is 0.277. The van der Waals surface area contributed by atoms with E-state index in [1.54, 1.807) is 0 Å². The van der Waals surface area contributed by atoms with Crippen molar-refractivity contribution in [3.63, 3.8) is 0 Å². The van der Waals surface area contributed by atoms with Crippen LogP contribution in [0, 0.1) is 11.3 Å². The highest BCUT2D eigenvalue weighted by atomic mass is 15.3. The first kappa shape index (κ1) is 22.6. The molecular formula is C30H29N5. The van der Waals surface area contributed by atoms with Gasteiger partial charge in [-0.3, -0.25) is 0 Å². The number of nitrogens with zero attached hydrogens (tertiary/aromatic N) is 5. The summed E-state index contributed by atoms with van der Waals surface area (Å²) in [4.78, 5) is 9.54. The molecule has 0 N–H and O–H groups in total. The Hall–Kier alpha value is -4.14. The Morgan fingerprint density at radius 1 is 0.800 bits per heavy atom. The average molecular weight is 460 g/mol. The first-order valence-corrected chi connectivity index (χ1v) is 12.0. The van der Waals surface area contributed by atoms with Crippen molar-refractivity contribution in [3.8, 4) is 28.5 Å². The van der Waals surface area contributed by atoms with Gasteiger partial charge in [-0.05, 0) is 23.7 Å². The molecule has 0 spiro atoms. The number of aromatic nitrogens is 1. The third-order valence-electron chi connectivity index (χ3n) is 6.52. The maximum atomic E-state index is 10.4. The standard InChI is InChI=1S/C30H29N5/c1-33-17-19-34(20-18-33)23-32-30-27(21-31)28(25-13-7-3-8-14-25)29(26-15-9-4-10-16-26)35(30)22-24-11-5-2-6-12-24/h2-16,23H,17-20,22H2,1H3. The van der Waals surface area contributed by atoms with E-state index in [0.29, 0.717) is 17.9 Å². The van der Waals surface area contributed by atoms with Crippen LogP contribution in [0.3, 0.4) is 0 Å². The van der Waals surface area contributed by atoms with Gasteiger partial charge in [0, 0.05) is 38.3 Å². The van der Waals surface area contributed by atoms with Crippen LogP contribution in [0.4, 0.5) is 5.82 Å². The average Bonchev–Trinajstić information content (AvgIpc) is 3.22. The predicted octanol–water partition coefficient (Wildman–Crippen LogP) is 5.65. The third kappa shape index (κ3) is 4.89. The van der Waals surface area contributed by atoms with Crippen molar-refractivity contribution in [1.82, 2.24) is 14.4 Å². The first-order chi connectivity index (χ1) is 17.2. The summed E-state index contributed by atoms with van der Waals surface area (Å²) in [5.41, 5.74) is 5.81. The fourth-order valence-corrected chi connectivity index (χ4v) is 4.62. The zero-order chi connectivity index (χ0) is 24.0. The lowest BCUT2D eigenvalue weighted by Gasteiger charge is -2.30. The molecule has 0 atom stereocenters. The Labute approximate surface area is 207 Å². The molecule has 35 heavy (non-hydrogen) atoms. The summed E-state index contributed by atoms with van der Waals surface area (Å²) in [6, 6.07) is 33.4. The molecule has 0 saturated carbocycles. The number of benzene rings is 3. The molecule has 1 aliphatic rings. The summed E-state index contributed by atoms with van der Waals surface area (Å²) in [7, 11) is 2.14. The molecule has 0 unspecified atom stereocenters. The van der Waals surface area contributed by atoms with Crippen LogP contribution in [0.15, 0.2) is 96.0 Å². The van der Waals surface area contributed by atoms with Crippen molar-refractivity contribution in [3.05, 3.63) is 102 Å². The lowest BCUT2D eigenvalue weighted by molar-refractivity contribution is 0.219. The van der Waals surface area contributed by atoms with E-state index in [2.05, 4.69) is 76.0 Å². The molecule has 0 amide bonds. The highest BCUT2D eigenvalue weighted by Crippen LogP contribution is 2.43. The highest BCUT2D eigenvalue weighted by molar-refractivity contribution is 5.91.